The van der Waals surface area contributed by atoms with Gasteiger partial charge in [0.25, 0.3) is 0 Å². The number of nitrogens with zero attached hydrogens (tertiary/aromatic N) is 2. The average Bonchev–Trinajstić information content (AvgIpc) is 2.70. The maximum Gasteiger partial charge on any atom is 0.191 e. The van der Waals surface area contributed by atoms with Gasteiger partial charge in [0.05, 0.1) is 12.2 Å². The third kappa shape index (κ3) is 7.69. The van der Waals surface area contributed by atoms with Gasteiger partial charge in [0.15, 0.2) is 5.96 Å². The first kappa shape index (κ1) is 21.9. The summed E-state index contributed by atoms with van der Waals surface area (Å²) >= 11 is 0. The Hall–Kier alpha value is -2.40. The van der Waals surface area contributed by atoms with E-state index in [-0.39, 0.29) is 6.61 Å². The van der Waals surface area contributed by atoms with Crippen molar-refractivity contribution in [3.8, 4) is 11.3 Å². The van der Waals surface area contributed by atoms with Crippen LogP contribution >= 0.6 is 0 Å². The van der Waals surface area contributed by atoms with Crippen LogP contribution in [-0.4, -0.2) is 35.7 Å². The minimum atomic E-state index is 0.229. The Bertz CT molecular complexity index is 716. The Balaban J connectivity index is 2.02. The van der Waals surface area contributed by atoms with Crippen molar-refractivity contribution in [1.29, 1.82) is 0 Å². The van der Waals surface area contributed by atoms with Crippen molar-refractivity contribution in [3.63, 3.8) is 0 Å². The van der Waals surface area contributed by atoms with Crippen molar-refractivity contribution in [3.05, 3.63) is 54.2 Å². The highest BCUT2D eigenvalue weighted by Crippen LogP contribution is 2.18. The van der Waals surface area contributed by atoms with Gasteiger partial charge >= 0.3 is 0 Å². The van der Waals surface area contributed by atoms with E-state index in [1.807, 2.05) is 24.4 Å². The predicted octanol–water partition coefficient (Wildman–Crippen LogP) is 3.85. The van der Waals surface area contributed by atoms with E-state index in [4.69, 9.17) is 4.99 Å². The predicted molar refractivity (Wildman–Crippen MR) is 117 cm³/mol. The number of rotatable bonds is 10. The summed E-state index contributed by atoms with van der Waals surface area (Å²) in [5.74, 6) is 1.88. The number of aliphatic imine (C=N–C) groups is 1. The van der Waals surface area contributed by atoms with Crippen LogP contribution in [0, 0.1) is 11.8 Å². The molecule has 0 radical (unpaired) electrons. The number of hydrogen-bond acceptors (Lipinski definition) is 3. The highest BCUT2D eigenvalue weighted by Gasteiger charge is 2.11. The van der Waals surface area contributed by atoms with E-state index in [1.54, 1.807) is 0 Å². The molecule has 2 rings (SSSR count). The van der Waals surface area contributed by atoms with Gasteiger partial charge in [0.2, 0.25) is 0 Å². The highest BCUT2D eigenvalue weighted by atomic mass is 16.3. The van der Waals surface area contributed by atoms with Gasteiger partial charge in [-0.1, -0.05) is 38.1 Å². The molecule has 3 N–H and O–H groups in total. The van der Waals surface area contributed by atoms with Gasteiger partial charge < -0.3 is 15.7 Å². The number of nitrogens with one attached hydrogen (secondary N) is 2. The van der Waals surface area contributed by atoms with E-state index in [0.717, 1.165) is 48.7 Å². The molecule has 152 valence electrons. The van der Waals surface area contributed by atoms with E-state index < -0.39 is 0 Å². The monoisotopic (exact) mass is 382 g/mol. The van der Waals surface area contributed by atoms with Gasteiger partial charge in [0.1, 0.15) is 0 Å². The van der Waals surface area contributed by atoms with Gasteiger partial charge in [-0.3, -0.25) is 4.98 Å². The summed E-state index contributed by atoms with van der Waals surface area (Å²) in [6, 6.07) is 14.3. The molecule has 0 saturated carbocycles. The standard InChI is InChI=1S/C23H34N4O/c1-4-24-23(27-17-20(11-13-28)14-18(2)3)26-16-19-8-7-9-21(15-19)22-10-5-6-12-25-22/h5-10,12,15,18,20,28H,4,11,13-14,16-17H2,1-3H3,(H2,24,26,27). The summed E-state index contributed by atoms with van der Waals surface area (Å²) in [5.41, 5.74) is 3.22. The van der Waals surface area contributed by atoms with Gasteiger partial charge in [-0.25, -0.2) is 4.99 Å². The fourth-order valence-corrected chi connectivity index (χ4v) is 3.27. The third-order valence-electron chi connectivity index (χ3n) is 4.55. The second kappa shape index (κ2) is 12.1. The molecule has 0 bridgehead atoms. The van der Waals surface area contributed by atoms with Crippen LogP contribution in [0.25, 0.3) is 11.3 Å². The SMILES string of the molecule is CCNC(=NCc1cccc(-c2ccccn2)c1)NCC(CCO)CC(C)C. The number of aliphatic hydroxyl groups is 1. The molecule has 0 fully saturated rings. The molecule has 2 aromatic rings. The Labute approximate surface area is 169 Å². The fourth-order valence-electron chi connectivity index (χ4n) is 3.27. The number of guanidine groups is 1. The molecule has 28 heavy (non-hydrogen) atoms. The molecule has 0 aliphatic rings. The summed E-state index contributed by atoms with van der Waals surface area (Å²) in [6.45, 7) is 8.97. The molecular formula is C23H34N4O. The van der Waals surface area contributed by atoms with Gasteiger partial charge in [0, 0.05) is 31.5 Å². The second-order valence-corrected chi connectivity index (χ2v) is 7.50. The van der Waals surface area contributed by atoms with Gasteiger partial charge in [-0.15, -0.1) is 0 Å². The topological polar surface area (TPSA) is 69.5 Å². The first-order valence-corrected chi connectivity index (χ1v) is 10.3. The van der Waals surface area contributed by atoms with Crippen molar-refractivity contribution < 1.29 is 5.11 Å². The second-order valence-electron chi connectivity index (χ2n) is 7.50. The largest absolute Gasteiger partial charge is 0.396 e. The average molecular weight is 383 g/mol. The van der Waals surface area contributed by atoms with Crippen LogP contribution in [0.4, 0.5) is 0 Å². The summed E-state index contributed by atoms with van der Waals surface area (Å²) in [5, 5.41) is 16.1. The third-order valence-corrected chi connectivity index (χ3v) is 4.55. The molecule has 1 aromatic heterocycles. The summed E-state index contributed by atoms with van der Waals surface area (Å²) in [6.07, 6.45) is 3.73. The molecular weight excluding hydrogens is 348 g/mol. The molecule has 5 nitrogen and oxygen atoms in total. The van der Waals surface area contributed by atoms with E-state index in [2.05, 4.69) is 60.7 Å². The molecule has 0 saturated heterocycles. The summed E-state index contributed by atoms with van der Waals surface area (Å²) in [7, 11) is 0. The van der Waals surface area contributed by atoms with Crippen molar-refractivity contribution in [2.45, 2.75) is 40.2 Å². The lowest BCUT2D eigenvalue weighted by Gasteiger charge is -2.20. The maximum absolute atomic E-state index is 9.31. The zero-order chi connectivity index (χ0) is 20.2. The first-order valence-electron chi connectivity index (χ1n) is 10.3. The molecule has 0 aliphatic carbocycles. The quantitative estimate of drug-likeness (QED) is 0.431. The lowest BCUT2D eigenvalue weighted by molar-refractivity contribution is 0.243. The van der Waals surface area contributed by atoms with Crippen LogP contribution in [0.15, 0.2) is 53.7 Å². The van der Waals surface area contributed by atoms with Crippen LogP contribution in [0.1, 0.15) is 39.2 Å². The molecule has 5 heteroatoms. The van der Waals surface area contributed by atoms with E-state index in [1.165, 1.54) is 0 Å². The number of aromatic nitrogens is 1. The number of aliphatic hydroxyl groups excluding tert-OH is 1. The normalized spacial score (nSPS) is 12.8. The molecule has 0 spiro atoms. The van der Waals surface area contributed by atoms with Crippen molar-refractivity contribution in [1.82, 2.24) is 15.6 Å². The van der Waals surface area contributed by atoms with Crippen LogP contribution in [-0.2, 0) is 6.54 Å². The van der Waals surface area contributed by atoms with E-state index >= 15 is 0 Å². The van der Waals surface area contributed by atoms with Crippen molar-refractivity contribution in [2.75, 3.05) is 19.7 Å². The minimum Gasteiger partial charge on any atom is -0.396 e. The lowest BCUT2D eigenvalue weighted by atomic mass is 9.94. The van der Waals surface area contributed by atoms with E-state index in [0.29, 0.717) is 18.4 Å². The minimum absolute atomic E-state index is 0.229. The Morgan fingerprint density at radius 3 is 2.68 bits per heavy atom. The fraction of sp³-hybridized carbons (Fsp3) is 0.478. The Morgan fingerprint density at radius 1 is 1.14 bits per heavy atom. The molecule has 0 aliphatic heterocycles. The number of benzene rings is 1. The molecule has 1 heterocycles. The van der Waals surface area contributed by atoms with Crippen LogP contribution in [0.5, 0.6) is 0 Å². The summed E-state index contributed by atoms with van der Waals surface area (Å²) < 4.78 is 0. The first-order chi connectivity index (χ1) is 13.6. The Kier molecular flexibility index (Phi) is 9.49. The zero-order valence-corrected chi connectivity index (χ0v) is 17.4. The van der Waals surface area contributed by atoms with Gasteiger partial charge in [-0.2, -0.15) is 0 Å². The van der Waals surface area contributed by atoms with Crippen molar-refractivity contribution >= 4 is 5.96 Å². The van der Waals surface area contributed by atoms with Gasteiger partial charge in [-0.05, 0) is 55.4 Å². The molecule has 1 unspecified atom stereocenters. The maximum atomic E-state index is 9.31. The molecule has 1 aromatic carbocycles. The molecule has 1 atom stereocenters. The van der Waals surface area contributed by atoms with Crippen molar-refractivity contribution in [2.24, 2.45) is 16.8 Å². The number of hydrogen-bond donors (Lipinski definition) is 3. The van der Waals surface area contributed by atoms with Crippen LogP contribution in [0.2, 0.25) is 0 Å². The smallest absolute Gasteiger partial charge is 0.191 e. The highest BCUT2D eigenvalue weighted by molar-refractivity contribution is 5.79. The molecule has 0 amide bonds. The zero-order valence-electron chi connectivity index (χ0n) is 17.4. The summed E-state index contributed by atoms with van der Waals surface area (Å²) in [4.78, 5) is 9.16. The van der Waals surface area contributed by atoms with Crippen LogP contribution in [0.3, 0.4) is 0 Å². The lowest BCUT2D eigenvalue weighted by Crippen LogP contribution is -2.40. The number of pyridine rings is 1. The van der Waals surface area contributed by atoms with E-state index in [9.17, 15) is 5.11 Å². The van der Waals surface area contributed by atoms with Crippen LogP contribution < -0.4 is 10.6 Å². The Morgan fingerprint density at radius 2 is 2.00 bits per heavy atom.